The van der Waals surface area contributed by atoms with Gasteiger partial charge in [0.05, 0.1) is 18.7 Å². The van der Waals surface area contributed by atoms with Crippen LogP contribution in [0.5, 0.6) is 0 Å². The van der Waals surface area contributed by atoms with Crippen LogP contribution in [-0.4, -0.2) is 34.0 Å². The first kappa shape index (κ1) is 19.0. The number of hydrogen-bond donors (Lipinski definition) is 1. The maximum atomic E-state index is 12.6. The third-order valence-electron chi connectivity index (χ3n) is 4.17. The van der Waals surface area contributed by atoms with Crippen LogP contribution < -0.4 is 5.32 Å². The Labute approximate surface area is 161 Å². The zero-order chi connectivity index (χ0) is 19.4. The van der Waals surface area contributed by atoms with Crippen molar-refractivity contribution in [2.75, 3.05) is 11.9 Å². The molecule has 1 unspecified atom stereocenters. The van der Waals surface area contributed by atoms with Gasteiger partial charge in [-0.15, -0.1) is 0 Å². The van der Waals surface area contributed by atoms with E-state index in [-0.39, 0.29) is 17.7 Å². The normalized spacial score (nSPS) is 16.5. The molecule has 0 saturated carbocycles. The fourth-order valence-electron chi connectivity index (χ4n) is 2.70. The smallest absolute Gasteiger partial charge is 0.338 e. The summed E-state index contributed by atoms with van der Waals surface area (Å²) >= 11 is 0.971. The highest BCUT2D eigenvalue weighted by Gasteiger charge is 2.39. The maximum absolute atomic E-state index is 12.6. The third-order valence-corrected chi connectivity index (χ3v) is 5.14. The van der Waals surface area contributed by atoms with E-state index in [1.165, 1.54) is 4.90 Å². The van der Waals surface area contributed by atoms with Gasteiger partial charge in [0.1, 0.15) is 0 Å². The summed E-state index contributed by atoms with van der Waals surface area (Å²) < 4.78 is 4.95. The Morgan fingerprint density at radius 3 is 2.52 bits per heavy atom. The van der Waals surface area contributed by atoms with Crippen LogP contribution in [0.1, 0.15) is 28.4 Å². The van der Waals surface area contributed by atoms with Crippen molar-refractivity contribution in [3.8, 4) is 0 Å². The lowest BCUT2D eigenvalue weighted by molar-refractivity contribution is -0.126. The minimum absolute atomic E-state index is 0.166. The van der Waals surface area contributed by atoms with Gasteiger partial charge in [-0.3, -0.25) is 14.5 Å². The van der Waals surface area contributed by atoms with Gasteiger partial charge < -0.3 is 10.1 Å². The largest absolute Gasteiger partial charge is 0.462 e. The van der Waals surface area contributed by atoms with Crippen molar-refractivity contribution in [2.45, 2.75) is 25.8 Å². The van der Waals surface area contributed by atoms with Gasteiger partial charge in [0, 0.05) is 5.69 Å². The average molecular weight is 384 g/mol. The highest BCUT2D eigenvalue weighted by atomic mass is 32.2. The Kier molecular flexibility index (Phi) is 5.81. The zero-order valence-electron chi connectivity index (χ0n) is 15.1. The molecule has 27 heavy (non-hydrogen) atoms. The van der Waals surface area contributed by atoms with Gasteiger partial charge in [-0.1, -0.05) is 30.3 Å². The van der Waals surface area contributed by atoms with Crippen LogP contribution in [0.15, 0.2) is 48.5 Å². The predicted molar refractivity (Wildman–Crippen MR) is 105 cm³/mol. The molecule has 1 N–H and O–H groups in total. The van der Waals surface area contributed by atoms with Crippen LogP contribution in [0.25, 0.3) is 0 Å². The van der Waals surface area contributed by atoms with E-state index in [9.17, 15) is 14.4 Å². The molecule has 1 fully saturated rings. The molecule has 0 radical (unpaired) electrons. The first-order valence-corrected chi connectivity index (χ1v) is 9.47. The number of rotatable bonds is 6. The molecular formula is C20H20N2O4S. The van der Waals surface area contributed by atoms with E-state index in [1.54, 1.807) is 31.2 Å². The molecule has 3 rings (SSSR count). The first-order valence-electron chi connectivity index (χ1n) is 8.60. The molecule has 0 bridgehead atoms. The molecule has 2 aromatic carbocycles. The number of thioether (sulfide) groups is 1. The SMILES string of the molecule is CCOC(=O)c1ccc(CN2C(=O)SC(Nc3ccccc3C)C2=O)cc1. The quantitative estimate of drug-likeness (QED) is 0.764. The van der Waals surface area contributed by atoms with E-state index >= 15 is 0 Å². The highest BCUT2D eigenvalue weighted by molar-refractivity contribution is 8.15. The summed E-state index contributed by atoms with van der Waals surface area (Å²) in [5, 5.41) is 2.20. The fraction of sp³-hybridized carbons (Fsp3) is 0.250. The summed E-state index contributed by atoms with van der Waals surface area (Å²) in [4.78, 5) is 37.9. The minimum Gasteiger partial charge on any atom is -0.462 e. The molecule has 7 heteroatoms. The van der Waals surface area contributed by atoms with Gasteiger partial charge in [0.15, 0.2) is 5.37 Å². The number of amides is 2. The lowest BCUT2D eigenvalue weighted by atomic mass is 10.1. The van der Waals surface area contributed by atoms with Crippen LogP contribution in [0, 0.1) is 6.92 Å². The van der Waals surface area contributed by atoms with Crippen molar-refractivity contribution in [1.29, 1.82) is 0 Å². The van der Waals surface area contributed by atoms with E-state index in [4.69, 9.17) is 4.74 Å². The number of esters is 1. The monoisotopic (exact) mass is 384 g/mol. The highest BCUT2D eigenvalue weighted by Crippen LogP contribution is 2.30. The Balaban J connectivity index is 1.67. The second-order valence-electron chi connectivity index (χ2n) is 6.06. The number of carbonyl (C=O) groups excluding carboxylic acids is 3. The molecule has 0 aromatic heterocycles. The minimum atomic E-state index is -0.641. The van der Waals surface area contributed by atoms with Crippen LogP contribution >= 0.6 is 11.8 Å². The lowest BCUT2D eigenvalue weighted by Gasteiger charge is -2.16. The molecule has 6 nitrogen and oxygen atoms in total. The van der Waals surface area contributed by atoms with Crippen molar-refractivity contribution >= 4 is 34.6 Å². The zero-order valence-corrected chi connectivity index (χ0v) is 15.9. The lowest BCUT2D eigenvalue weighted by Crippen LogP contribution is -2.34. The van der Waals surface area contributed by atoms with Gasteiger partial charge in [0.2, 0.25) is 0 Å². The number of para-hydroxylation sites is 1. The Morgan fingerprint density at radius 2 is 1.85 bits per heavy atom. The summed E-state index contributed by atoms with van der Waals surface area (Å²) in [5.41, 5.74) is 3.04. The van der Waals surface area contributed by atoms with Gasteiger partial charge >= 0.3 is 5.97 Å². The number of imide groups is 1. The number of benzene rings is 2. The van der Waals surface area contributed by atoms with Crippen LogP contribution in [0.2, 0.25) is 0 Å². The predicted octanol–water partition coefficient (Wildman–Crippen LogP) is 3.81. The summed E-state index contributed by atoms with van der Waals surface area (Å²) in [5.74, 6) is -0.668. The van der Waals surface area contributed by atoms with Crippen LogP contribution in [0.4, 0.5) is 10.5 Å². The average Bonchev–Trinajstić information content (AvgIpc) is 2.92. The summed E-state index contributed by atoms with van der Waals surface area (Å²) in [7, 11) is 0. The van der Waals surface area contributed by atoms with Gasteiger partial charge in [-0.2, -0.15) is 0 Å². The van der Waals surface area contributed by atoms with Crippen LogP contribution in [0.3, 0.4) is 0 Å². The van der Waals surface area contributed by atoms with E-state index in [2.05, 4.69) is 5.32 Å². The topological polar surface area (TPSA) is 75.7 Å². The van der Waals surface area contributed by atoms with Gasteiger partial charge in [-0.25, -0.2) is 4.79 Å². The number of nitrogens with one attached hydrogen (secondary N) is 1. The Hall–Kier alpha value is -2.80. The molecule has 0 aliphatic carbocycles. The number of carbonyl (C=O) groups is 3. The first-order chi connectivity index (χ1) is 13.0. The molecule has 2 amide bonds. The standard InChI is InChI=1S/C20H20N2O4S/c1-3-26-19(24)15-10-8-14(9-11-15)12-22-18(23)17(27-20(22)25)21-16-7-5-4-6-13(16)2/h4-11,17,21H,3,12H2,1-2H3. The van der Waals surface area contributed by atoms with E-state index in [0.717, 1.165) is 28.6 Å². The van der Waals surface area contributed by atoms with Crippen molar-refractivity contribution in [2.24, 2.45) is 0 Å². The van der Waals surface area contributed by atoms with E-state index < -0.39 is 11.3 Å². The van der Waals surface area contributed by atoms with E-state index in [1.807, 2.05) is 31.2 Å². The molecule has 2 aromatic rings. The van der Waals surface area contributed by atoms with Crippen LogP contribution in [-0.2, 0) is 16.1 Å². The number of ether oxygens (including phenoxy) is 1. The summed E-state index contributed by atoms with van der Waals surface area (Å²) in [6, 6.07) is 14.3. The molecule has 1 aliphatic rings. The number of anilines is 1. The molecular weight excluding hydrogens is 364 g/mol. The number of nitrogens with zero attached hydrogens (tertiary/aromatic N) is 1. The Morgan fingerprint density at radius 1 is 1.15 bits per heavy atom. The molecule has 140 valence electrons. The molecule has 1 saturated heterocycles. The fourth-order valence-corrected chi connectivity index (χ4v) is 3.60. The Bertz CT molecular complexity index is 867. The molecule has 1 aliphatic heterocycles. The van der Waals surface area contributed by atoms with E-state index in [0.29, 0.717) is 12.2 Å². The van der Waals surface area contributed by atoms with Gasteiger partial charge in [0.25, 0.3) is 11.1 Å². The maximum Gasteiger partial charge on any atom is 0.338 e. The molecule has 1 heterocycles. The summed E-state index contributed by atoms with van der Waals surface area (Å²) in [6.45, 7) is 4.16. The molecule has 1 atom stereocenters. The summed E-state index contributed by atoms with van der Waals surface area (Å²) in [6.07, 6.45) is 0. The van der Waals surface area contributed by atoms with Crippen molar-refractivity contribution in [3.05, 3.63) is 65.2 Å². The number of aryl methyl sites for hydroxylation is 1. The van der Waals surface area contributed by atoms with Gasteiger partial charge in [-0.05, 0) is 54.9 Å². The second-order valence-corrected chi connectivity index (χ2v) is 7.12. The molecule has 0 spiro atoms. The van der Waals surface area contributed by atoms with Crippen molar-refractivity contribution in [1.82, 2.24) is 4.90 Å². The van der Waals surface area contributed by atoms with Crippen molar-refractivity contribution < 1.29 is 19.1 Å². The number of hydrogen-bond acceptors (Lipinski definition) is 6. The van der Waals surface area contributed by atoms with Crippen molar-refractivity contribution in [3.63, 3.8) is 0 Å². The third kappa shape index (κ3) is 4.31. The second kappa shape index (κ2) is 8.26.